The Kier molecular flexibility index (Phi) is 4.04. The summed E-state index contributed by atoms with van der Waals surface area (Å²) in [6.07, 6.45) is -4.73. The largest absolute Gasteiger partial charge is 0.474 e. The molecule has 1 aliphatic carbocycles. The number of carbonyl (C=O) groups excluding carboxylic acids is 1. The Balaban J connectivity index is 2.47. The molecule has 0 radical (unpaired) electrons. The minimum Gasteiger partial charge on any atom is -0.474 e. The molecule has 0 bridgehead atoms. The van der Waals surface area contributed by atoms with Crippen LogP contribution in [0.25, 0.3) is 0 Å². The van der Waals surface area contributed by atoms with Crippen LogP contribution in [0.4, 0.5) is 13.2 Å². The molecule has 0 saturated heterocycles. The molecule has 2 atom stereocenters. The van der Waals surface area contributed by atoms with Crippen LogP contribution < -0.4 is 5.90 Å². The zero-order valence-electron chi connectivity index (χ0n) is 9.71. The van der Waals surface area contributed by atoms with Crippen molar-refractivity contribution in [2.24, 2.45) is 5.90 Å². The summed E-state index contributed by atoms with van der Waals surface area (Å²) in [5.41, 5.74) is -0.451. The Bertz CT molecular complexity index is 540. The van der Waals surface area contributed by atoms with E-state index in [0.717, 1.165) is 6.08 Å². The lowest BCUT2D eigenvalue weighted by molar-refractivity contribution is -0.200. The van der Waals surface area contributed by atoms with Crippen molar-refractivity contribution in [1.82, 2.24) is 0 Å². The molecule has 1 heterocycles. The number of ether oxygens (including phenoxy) is 1. The van der Waals surface area contributed by atoms with E-state index < -0.39 is 29.2 Å². The van der Waals surface area contributed by atoms with Gasteiger partial charge in [0.15, 0.2) is 0 Å². The average molecular weight is 330 g/mol. The van der Waals surface area contributed by atoms with E-state index in [9.17, 15) is 18.0 Å². The second-order valence-corrected chi connectivity index (χ2v) is 5.10. The first-order chi connectivity index (χ1) is 9.24. The van der Waals surface area contributed by atoms with E-state index in [0.29, 0.717) is 5.57 Å². The minimum absolute atomic E-state index is 0.0306. The van der Waals surface area contributed by atoms with Crippen LogP contribution in [0.1, 0.15) is 6.42 Å². The topological polar surface area (TPSA) is 61.5 Å². The molecular weight excluding hydrogens is 322 g/mol. The third-order valence-electron chi connectivity index (χ3n) is 2.74. The van der Waals surface area contributed by atoms with Gasteiger partial charge in [-0.25, -0.2) is 4.79 Å². The molecule has 2 N–H and O–H groups in total. The molecule has 0 aromatic carbocycles. The van der Waals surface area contributed by atoms with E-state index in [4.69, 9.17) is 27.9 Å². The first-order valence-corrected chi connectivity index (χ1v) is 6.16. The van der Waals surface area contributed by atoms with Crippen LogP contribution in [-0.4, -0.2) is 23.6 Å². The molecule has 20 heavy (non-hydrogen) atoms. The molecule has 2 rings (SSSR count). The molecule has 0 spiro atoms. The highest BCUT2D eigenvalue weighted by Crippen LogP contribution is 2.41. The number of hydrogen-bond acceptors (Lipinski definition) is 4. The predicted molar refractivity (Wildman–Crippen MR) is 64.5 cm³/mol. The number of halogens is 5. The van der Waals surface area contributed by atoms with Gasteiger partial charge in [0, 0.05) is 0 Å². The fourth-order valence-corrected chi connectivity index (χ4v) is 2.60. The van der Waals surface area contributed by atoms with Crippen molar-refractivity contribution in [1.29, 1.82) is 0 Å². The summed E-state index contributed by atoms with van der Waals surface area (Å²) >= 11 is 11.7. The molecular formula is C11H8Cl2F3NO3. The molecule has 110 valence electrons. The van der Waals surface area contributed by atoms with Crippen molar-refractivity contribution >= 4 is 29.2 Å². The summed E-state index contributed by atoms with van der Waals surface area (Å²) in [7, 11) is 0. The summed E-state index contributed by atoms with van der Waals surface area (Å²) in [6, 6.07) is 0. The standard InChI is InChI=1S/C11H8Cl2F3NO3/c12-5-1-4-2-6(10(18)20-17)9(11(14,15)16)19-8(4)7(13)3-5/h2-3,5,9H,1,17H2. The lowest BCUT2D eigenvalue weighted by Gasteiger charge is -2.31. The molecule has 1 aliphatic heterocycles. The van der Waals surface area contributed by atoms with Crippen LogP contribution in [0.3, 0.4) is 0 Å². The summed E-state index contributed by atoms with van der Waals surface area (Å²) in [5.74, 6) is 3.18. The smallest absolute Gasteiger partial charge is 0.430 e. The number of rotatable bonds is 1. The van der Waals surface area contributed by atoms with Crippen LogP contribution in [0, 0.1) is 0 Å². The summed E-state index contributed by atoms with van der Waals surface area (Å²) in [5, 5.41) is -0.532. The van der Waals surface area contributed by atoms with E-state index in [-0.39, 0.29) is 17.2 Å². The lowest BCUT2D eigenvalue weighted by atomic mass is 9.95. The highest BCUT2D eigenvalue weighted by molar-refractivity contribution is 6.33. The van der Waals surface area contributed by atoms with Crippen molar-refractivity contribution in [3.63, 3.8) is 0 Å². The van der Waals surface area contributed by atoms with Gasteiger partial charge in [0.1, 0.15) is 5.76 Å². The van der Waals surface area contributed by atoms with Gasteiger partial charge in [0.05, 0.1) is 16.0 Å². The lowest BCUT2D eigenvalue weighted by Crippen LogP contribution is -2.39. The monoisotopic (exact) mass is 329 g/mol. The van der Waals surface area contributed by atoms with Gasteiger partial charge in [-0.2, -0.15) is 19.1 Å². The highest BCUT2D eigenvalue weighted by Gasteiger charge is 2.50. The number of allylic oxidation sites excluding steroid dienone is 4. The van der Waals surface area contributed by atoms with Gasteiger partial charge in [-0.15, -0.1) is 11.6 Å². The van der Waals surface area contributed by atoms with Gasteiger partial charge >= 0.3 is 12.1 Å². The molecule has 2 aliphatic rings. The van der Waals surface area contributed by atoms with Gasteiger partial charge < -0.3 is 9.57 Å². The van der Waals surface area contributed by atoms with E-state index in [1.807, 2.05) is 0 Å². The van der Waals surface area contributed by atoms with Crippen molar-refractivity contribution in [2.75, 3.05) is 0 Å². The summed E-state index contributed by atoms with van der Waals surface area (Å²) < 4.78 is 43.6. The molecule has 0 amide bonds. The predicted octanol–water partition coefficient (Wildman–Crippen LogP) is 2.68. The number of hydrogen-bond donors (Lipinski definition) is 1. The van der Waals surface area contributed by atoms with E-state index in [1.165, 1.54) is 6.08 Å². The van der Waals surface area contributed by atoms with E-state index >= 15 is 0 Å². The Labute approximate surface area is 121 Å². The molecule has 2 unspecified atom stereocenters. The van der Waals surface area contributed by atoms with Crippen LogP contribution in [0.15, 0.2) is 34.1 Å². The van der Waals surface area contributed by atoms with Gasteiger partial charge in [-0.3, -0.25) is 0 Å². The zero-order chi connectivity index (χ0) is 15.1. The number of alkyl halides is 4. The van der Waals surface area contributed by atoms with Crippen LogP contribution in [0.5, 0.6) is 0 Å². The third-order valence-corrected chi connectivity index (χ3v) is 3.32. The maximum Gasteiger partial charge on any atom is 0.430 e. The Morgan fingerprint density at radius 2 is 2.15 bits per heavy atom. The quantitative estimate of drug-likeness (QED) is 0.593. The van der Waals surface area contributed by atoms with Gasteiger partial charge in [0.2, 0.25) is 6.10 Å². The van der Waals surface area contributed by atoms with Crippen LogP contribution >= 0.6 is 23.2 Å². The number of nitrogens with two attached hydrogens (primary N) is 1. The van der Waals surface area contributed by atoms with E-state index in [1.54, 1.807) is 0 Å². The fraction of sp³-hybridized carbons (Fsp3) is 0.364. The second kappa shape index (κ2) is 5.31. The Morgan fingerprint density at radius 1 is 1.50 bits per heavy atom. The minimum atomic E-state index is -4.81. The Morgan fingerprint density at radius 3 is 2.70 bits per heavy atom. The molecule has 0 saturated carbocycles. The van der Waals surface area contributed by atoms with Crippen molar-refractivity contribution in [3.05, 3.63) is 34.1 Å². The first kappa shape index (κ1) is 15.2. The van der Waals surface area contributed by atoms with Crippen molar-refractivity contribution in [2.45, 2.75) is 24.1 Å². The Hall–Kier alpha value is -1.18. The third kappa shape index (κ3) is 2.79. The van der Waals surface area contributed by atoms with E-state index in [2.05, 4.69) is 10.7 Å². The molecule has 0 aromatic rings. The fourth-order valence-electron chi connectivity index (χ4n) is 1.93. The molecule has 0 fully saturated rings. The van der Waals surface area contributed by atoms with Crippen LogP contribution in [-0.2, 0) is 14.4 Å². The molecule has 0 aromatic heterocycles. The van der Waals surface area contributed by atoms with Gasteiger partial charge in [-0.05, 0) is 24.1 Å². The van der Waals surface area contributed by atoms with Gasteiger partial charge in [-0.1, -0.05) is 11.6 Å². The number of carbonyl (C=O) groups is 1. The van der Waals surface area contributed by atoms with Crippen LogP contribution in [0.2, 0.25) is 0 Å². The maximum atomic E-state index is 12.9. The van der Waals surface area contributed by atoms with Crippen molar-refractivity contribution in [3.8, 4) is 0 Å². The van der Waals surface area contributed by atoms with Crippen molar-refractivity contribution < 1.29 is 27.5 Å². The maximum absolute atomic E-state index is 12.9. The SMILES string of the molecule is NOC(=O)C1=CC2=C(OC1C(F)(F)F)C(Cl)=CC(Cl)C2. The van der Waals surface area contributed by atoms with Gasteiger partial charge in [0.25, 0.3) is 0 Å². The molecule has 4 nitrogen and oxygen atoms in total. The normalized spacial score (nSPS) is 26.3. The zero-order valence-corrected chi connectivity index (χ0v) is 11.2. The molecule has 9 heteroatoms. The first-order valence-electron chi connectivity index (χ1n) is 5.35. The highest BCUT2D eigenvalue weighted by atomic mass is 35.5. The average Bonchev–Trinajstić information content (AvgIpc) is 2.35. The summed E-state index contributed by atoms with van der Waals surface area (Å²) in [4.78, 5) is 15.2. The summed E-state index contributed by atoms with van der Waals surface area (Å²) in [6.45, 7) is 0. The second-order valence-electron chi connectivity index (χ2n) is 4.13.